The lowest BCUT2D eigenvalue weighted by atomic mass is 9.85. The van der Waals surface area contributed by atoms with E-state index >= 15 is 0 Å². The average molecular weight is 625 g/mol. The number of unbranched alkanes of at least 4 members (excludes halogenated alkanes) is 4. The first kappa shape index (κ1) is 34.1. The molecule has 234 valence electrons. The predicted molar refractivity (Wildman–Crippen MR) is 165 cm³/mol. The van der Waals surface area contributed by atoms with Crippen molar-refractivity contribution in [2.24, 2.45) is 5.92 Å². The molecule has 1 saturated heterocycles. The van der Waals surface area contributed by atoms with Gasteiger partial charge in [0.25, 0.3) is 5.56 Å². The summed E-state index contributed by atoms with van der Waals surface area (Å²) in [5, 5.41) is 35.5. The number of rotatable bonds is 16. The first-order valence-corrected chi connectivity index (χ1v) is 16.8. The van der Waals surface area contributed by atoms with Crippen LogP contribution in [0.1, 0.15) is 78.6 Å². The number of H-pyrrole nitrogens is 1. The number of aliphatic hydroxyl groups is 3. The van der Waals surface area contributed by atoms with Crippen LogP contribution in [0, 0.1) is 5.92 Å². The minimum absolute atomic E-state index is 0.0123. The predicted octanol–water partition coefficient (Wildman–Crippen LogP) is 4.61. The van der Waals surface area contributed by atoms with Crippen LogP contribution in [-0.4, -0.2) is 69.3 Å². The number of hydrogen-bond donors (Lipinski definition) is 5. The van der Waals surface area contributed by atoms with Crippen molar-refractivity contribution < 1.29 is 34.4 Å². The van der Waals surface area contributed by atoms with Crippen molar-refractivity contribution in [3.8, 4) is 10.6 Å². The Labute approximate surface area is 254 Å². The number of hydrogen-bond acceptors (Lipinski definition) is 10. The van der Waals surface area contributed by atoms with E-state index in [0.29, 0.717) is 25.1 Å². The normalized spacial score (nSPS) is 22.9. The van der Waals surface area contributed by atoms with Gasteiger partial charge in [-0.1, -0.05) is 64.6 Å². The smallest absolute Gasteiger partial charge is 0.330 e. The molecule has 0 saturated carbocycles. The minimum atomic E-state index is -1.38. The monoisotopic (exact) mass is 624 g/mol. The second-order valence-electron chi connectivity index (χ2n) is 11.3. The fraction of sp³-hybridized carbons (Fsp3) is 0.633. The maximum atomic E-state index is 12.2. The van der Waals surface area contributed by atoms with Gasteiger partial charge >= 0.3 is 5.97 Å². The number of nitrogens with one attached hydrogen (secondary N) is 2. The minimum Gasteiger partial charge on any atom is -0.463 e. The lowest BCUT2D eigenvalue weighted by Gasteiger charge is -2.40. The molecule has 0 unspecified atom stereocenters. The maximum Gasteiger partial charge on any atom is 0.330 e. The molecule has 1 amide bonds. The van der Waals surface area contributed by atoms with E-state index in [4.69, 9.17) is 9.47 Å². The first-order valence-electron chi connectivity index (χ1n) is 14.6. The Morgan fingerprint density at radius 2 is 2.00 bits per heavy atom. The van der Waals surface area contributed by atoms with Crippen LogP contribution in [0.3, 0.4) is 0 Å². The number of carbonyl (C=O) groups is 2. The van der Waals surface area contributed by atoms with Gasteiger partial charge in [-0.2, -0.15) is 0 Å². The molecule has 0 aromatic heterocycles. The number of fused-ring (bicyclic) bond motifs is 1. The molecule has 3 heterocycles. The third kappa shape index (κ3) is 10.4. The standard InChI is InChI=1S/C30H44N2O8S2/c1-19(14-22-16-24(34)30(38,18-40-22)12-9-10-20(2)21(3)33)15-26(36)39-13-8-6-4-5-7-11-25(35)32-27-28-23(17-41-42-28)31-29(27)37/h9-10,15,17,20-22,24,33-34,38H,4-8,11-14,16,18H2,1-3H3,(H,31,37)(H,32,35)/b10-9+,19-15+/t20-,21+,22+,24+,30-/m1/s1. The van der Waals surface area contributed by atoms with Crippen molar-refractivity contribution in [3.05, 3.63) is 39.5 Å². The van der Waals surface area contributed by atoms with Crippen molar-refractivity contribution in [2.45, 2.75) is 102 Å². The molecule has 12 heteroatoms. The highest BCUT2D eigenvalue weighted by atomic mass is 32.9. The van der Waals surface area contributed by atoms with Gasteiger partial charge in [0.05, 0.1) is 42.1 Å². The van der Waals surface area contributed by atoms with Gasteiger partial charge in [0.15, 0.2) is 0 Å². The molecule has 3 rings (SSSR count). The fourth-order valence-electron chi connectivity index (χ4n) is 4.72. The molecular weight excluding hydrogens is 580 g/mol. The second-order valence-corrected chi connectivity index (χ2v) is 13.4. The summed E-state index contributed by atoms with van der Waals surface area (Å²) >= 11 is 0. The maximum absolute atomic E-state index is 12.2. The summed E-state index contributed by atoms with van der Waals surface area (Å²) in [5.74, 6) is -0.635. The first-order chi connectivity index (χ1) is 20.0. The van der Waals surface area contributed by atoms with Crippen LogP contribution in [0.4, 0.5) is 5.69 Å². The molecule has 10 nitrogen and oxygen atoms in total. The lowest BCUT2D eigenvalue weighted by molar-refractivity contribution is -0.181. The summed E-state index contributed by atoms with van der Waals surface area (Å²) in [6.45, 7) is 5.69. The quantitative estimate of drug-likeness (QED) is 0.0596. The largest absolute Gasteiger partial charge is 0.463 e. The molecule has 5 atom stereocenters. The summed E-state index contributed by atoms with van der Waals surface area (Å²) in [5.41, 5.74) is 0.224. The number of aromatic nitrogens is 1. The molecule has 1 fully saturated rings. The van der Waals surface area contributed by atoms with Gasteiger partial charge in [-0.25, -0.2) is 4.79 Å². The van der Waals surface area contributed by atoms with Crippen LogP contribution in [-0.2, 0) is 19.1 Å². The topological polar surface area (TPSA) is 158 Å². The fourth-order valence-corrected chi connectivity index (χ4v) is 6.88. The van der Waals surface area contributed by atoms with Gasteiger partial charge in [0, 0.05) is 24.3 Å². The Morgan fingerprint density at radius 3 is 2.74 bits per heavy atom. The number of amides is 1. The third-order valence-electron chi connectivity index (χ3n) is 7.56. The van der Waals surface area contributed by atoms with E-state index in [1.807, 2.05) is 25.3 Å². The Balaban J connectivity index is 1.24. The van der Waals surface area contributed by atoms with Crippen molar-refractivity contribution in [2.75, 3.05) is 18.5 Å². The highest BCUT2D eigenvalue weighted by molar-refractivity contribution is 7.70. The number of anilines is 1. The number of aromatic amines is 1. The molecule has 42 heavy (non-hydrogen) atoms. The van der Waals surface area contributed by atoms with Crippen LogP contribution < -0.4 is 10.9 Å². The van der Waals surface area contributed by atoms with Gasteiger partial charge in [-0.3, -0.25) is 9.59 Å². The molecular formula is C30H44N2O8S2. The number of aliphatic hydroxyl groups excluding tert-OH is 2. The van der Waals surface area contributed by atoms with Gasteiger partial charge in [-0.15, -0.1) is 0 Å². The van der Waals surface area contributed by atoms with E-state index in [-0.39, 0.29) is 42.9 Å². The average Bonchev–Trinajstić information content (AvgIpc) is 3.49. The second kappa shape index (κ2) is 16.5. The van der Waals surface area contributed by atoms with Crippen LogP contribution in [0.5, 0.6) is 0 Å². The Morgan fingerprint density at radius 1 is 1.26 bits per heavy atom. The van der Waals surface area contributed by atoms with E-state index in [2.05, 4.69) is 10.3 Å². The van der Waals surface area contributed by atoms with Crippen molar-refractivity contribution >= 4 is 38.2 Å². The highest BCUT2D eigenvalue weighted by Crippen LogP contribution is 2.35. The molecule has 0 aromatic rings. The molecule has 0 radical (unpaired) electrons. The van der Waals surface area contributed by atoms with E-state index in [9.17, 15) is 29.7 Å². The molecule has 0 bridgehead atoms. The van der Waals surface area contributed by atoms with E-state index in [1.54, 1.807) is 13.0 Å². The third-order valence-corrected chi connectivity index (χ3v) is 9.66. The summed E-state index contributed by atoms with van der Waals surface area (Å²) < 4.78 is 11.1. The van der Waals surface area contributed by atoms with Gasteiger partial charge in [-0.05, 0) is 45.4 Å². The van der Waals surface area contributed by atoms with Crippen molar-refractivity contribution in [1.29, 1.82) is 0 Å². The van der Waals surface area contributed by atoms with Crippen LogP contribution in [0.25, 0.3) is 10.6 Å². The van der Waals surface area contributed by atoms with Gasteiger partial charge < -0.3 is 35.1 Å². The van der Waals surface area contributed by atoms with Crippen molar-refractivity contribution in [3.63, 3.8) is 0 Å². The lowest BCUT2D eigenvalue weighted by Crippen LogP contribution is -2.52. The summed E-state index contributed by atoms with van der Waals surface area (Å²) in [6, 6.07) is 0. The van der Waals surface area contributed by atoms with Gasteiger partial charge in [0.1, 0.15) is 11.3 Å². The van der Waals surface area contributed by atoms with Crippen LogP contribution in [0.2, 0.25) is 0 Å². The summed E-state index contributed by atoms with van der Waals surface area (Å²) in [4.78, 5) is 39.9. The molecule has 0 spiro atoms. The zero-order valence-electron chi connectivity index (χ0n) is 24.6. The van der Waals surface area contributed by atoms with Gasteiger partial charge in [0.2, 0.25) is 5.91 Å². The summed E-state index contributed by atoms with van der Waals surface area (Å²) in [7, 11) is 2.97. The molecule has 3 aliphatic rings. The Hall–Kier alpha value is -2.35. The molecule has 5 N–H and O–H groups in total. The van der Waals surface area contributed by atoms with E-state index in [1.165, 1.54) is 26.8 Å². The Bertz CT molecular complexity index is 1230. The van der Waals surface area contributed by atoms with Crippen LogP contribution >= 0.6 is 20.7 Å². The molecule has 0 aliphatic carbocycles. The van der Waals surface area contributed by atoms with Crippen LogP contribution in [0.15, 0.2) is 34.0 Å². The number of ether oxygens (including phenoxy) is 2. The van der Waals surface area contributed by atoms with E-state index in [0.717, 1.165) is 48.2 Å². The number of esters is 1. The van der Waals surface area contributed by atoms with Crippen molar-refractivity contribution in [1.82, 2.24) is 4.98 Å². The summed E-state index contributed by atoms with van der Waals surface area (Å²) in [6.07, 6.45) is 8.65. The zero-order chi connectivity index (χ0) is 30.7. The molecule has 0 aromatic carbocycles. The highest BCUT2D eigenvalue weighted by Gasteiger charge is 2.41. The number of carbonyl (C=O) groups excluding carboxylic acids is 2. The zero-order valence-corrected chi connectivity index (χ0v) is 26.2. The SMILES string of the molecule is C/C(=C\C(=O)OCCCCCCCC(=O)Nc1c2sscc-2[nH]c1=O)C[C@H]1C[C@H](O)[C@@](O)(C/C=C/[C@@H](C)[C@H](C)O)CO1. The molecule has 3 aliphatic heterocycles. The van der Waals surface area contributed by atoms with E-state index < -0.39 is 23.8 Å². The Kier molecular flexibility index (Phi) is 13.4.